The van der Waals surface area contributed by atoms with Crippen LogP contribution in [0.25, 0.3) is 0 Å². The standard InChI is InChI=1S/C10H16F4N2O/c1-6-3-2-4-16(7(6)5-15)9(17)10(13,14)8(11)12/h6-8H,2-5,15H2,1H3. The topological polar surface area (TPSA) is 46.3 Å². The molecule has 7 heteroatoms. The molecule has 0 bridgehead atoms. The summed E-state index contributed by atoms with van der Waals surface area (Å²) in [5.74, 6) is -6.48. The summed E-state index contributed by atoms with van der Waals surface area (Å²) in [6, 6.07) is -0.583. The van der Waals surface area contributed by atoms with Crippen LogP contribution in [0.2, 0.25) is 0 Å². The van der Waals surface area contributed by atoms with E-state index in [-0.39, 0.29) is 19.0 Å². The van der Waals surface area contributed by atoms with Crippen LogP contribution >= 0.6 is 0 Å². The van der Waals surface area contributed by atoms with E-state index in [0.29, 0.717) is 6.42 Å². The van der Waals surface area contributed by atoms with Crippen molar-refractivity contribution >= 4 is 5.91 Å². The van der Waals surface area contributed by atoms with Gasteiger partial charge in [0, 0.05) is 19.1 Å². The highest BCUT2D eigenvalue weighted by molar-refractivity contribution is 5.84. The van der Waals surface area contributed by atoms with Gasteiger partial charge in [0.15, 0.2) is 0 Å². The normalized spacial score (nSPS) is 26.4. The van der Waals surface area contributed by atoms with E-state index >= 15 is 0 Å². The van der Waals surface area contributed by atoms with Gasteiger partial charge in [0.25, 0.3) is 5.91 Å². The number of carbonyl (C=O) groups is 1. The summed E-state index contributed by atoms with van der Waals surface area (Å²) in [5.41, 5.74) is 5.41. The maximum Gasteiger partial charge on any atom is 0.383 e. The lowest BCUT2D eigenvalue weighted by atomic mass is 9.90. The summed E-state index contributed by atoms with van der Waals surface area (Å²) < 4.78 is 50.2. The van der Waals surface area contributed by atoms with Crippen LogP contribution in [0, 0.1) is 5.92 Å². The maximum absolute atomic E-state index is 13.0. The number of alkyl halides is 4. The molecule has 3 nitrogen and oxygen atoms in total. The third-order valence-electron chi connectivity index (χ3n) is 3.18. The Morgan fingerprint density at radius 1 is 1.53 bits per heavy atom. The van der Waals surface area contributed by atoms with E-state index in [0.717, 1.165) is 11.3 Å². The molecule has 17 heavy (non-hydrogen) atoms. The molecular weight excluding hydrogens is 240 g/mol. The number of hydrogen-bond donors (Lipinski definition) is 1. The maximum atomic E-state index is 13.0. The van der Waals surface area contributed by atoms with Crippen LogP contribution < -0.4 is 5.73 Å². The second-order valence-corrected chi connectivity index (χ2v) is 4.34. The molecule has 1 saturated heterocycles. The van der Waals surface area contributed by atoms with E-state index in [1.807, 2.05) is 0 Å². The molecule has 1 fully saturated rings. The number of likely N-dealkylation sites (tertiary alicyclic amines) is 1. The smallest absolute Gasteiger partial charge is 0.333 e. The first-order valence-corrected chi connectivity index (χ1v) is 5.49. The van der Waals surface area contributed by atoms with Gasteiger partial charge in [-0.05, 0) is 18.8 Å². The molecular formula is C10H16F4N2O. The van der Waals surface area contributed by atoms with Crippen LogP contribution in [0.1, 0.15) is 19.8 Å². The van der Waals surface area contributed by atoms with Crippen molar-refractivity contribution < 1.29 is 22.4 Å². The summed E-state index contributed by atoms with van der Waals surface area (Å²) in [7, 11) is 0. The average Bonchev–Trinajstić information content (AvgIpc) is 2.27. The molecule has 0 radical (unpaired) electrons. The van der Waals surface area contributed by atoms with Gasteiger partial charge < -0.3 is 10.6 Å². The third-order valence-corrected chi connectivity index (χ3v) is 3.18. The molecule has 0 aromatic heterocycles. The van der Waals surface area contributed by atoms with E-state index < -0.39 is 24.3 Å². The van der Waals surface area contributed by atoms with Crippen LogP contribution in [0.15, 0.2) is 0 Å². The fourth-order valence-electron chi connectivity index (χ4n) is 2.15. The van der Waals surface area contributed by atoms with Crippen LogP contribution in [0.5, 0.6) is 0 Å². The molecule has 0 saturated carbocycles. The molecule has 0 aromatic rings. The summed E-state index contributed by atoms with van der Waals surface area (Å²) >= 11 is 0. The fraction of sp³-hybridized carbons (Fsp3) is 0.900. The highest BCUT2D eigenvalue weighted by Gasteiger charge is 2.52. The first-order valence-electron chi connectivity index (χ1n) is 5.49. The third kappa shape index (κ3) is 2.70. The summed E-state index contributed by atoms with van der Waals surface area (Å²) in [4.78, 5) is 12.2. The number of nitrogens with two attached hydrogens (primary N) is 1. The largest absolute Gasteiger partial charge is 0.383 e. The zero-order chi connectivity index (χ0) is 13.2. The van der Waals surface area contributed by atoms with Crippen LogP contribution in [0.3, 0.4) is 0 Å². The predicted molar refractivity (Wildman–Crippen MR) is 53.9 cm³/mol. The van der Waals surface area contributed by atoms with Gasteiger partial charge in [-0.2, -0.15) is 8.78 Å². The molecule has 2 atom stereocenters. The lowest BCUT2D eigenvalue weighted by molar-refractivity contribution is -0.185. The van der Waals surface area contributed by atoms with Gasteiger partial charge in [-0.15, -0.1) is 0 Å². The lowest BCUT2D eigenvalue weighted by Gasteiger charge is -2.40. The first-order chi connectivity index (χ1) is 7.82. The van der Waals surface area contributed by atoms with Gasteiger partial charge in [0.05, 0.1) is 0 Å². The zero-order valence-electron chi connectivity index (χ0n) is 9.51. The minimum atomic E-state index is -4.62. The van der Waals surface area contributed by atoms with Gasteiger partial charge in [-0.25, -0.2) is 8.78 Å². The number of carbonyl (C=O) groups excluding carboxylic acids is 1. The molecule has 1 aliphatic rings. The Balaban J connectivity index is 2.86. The van der Waals surface area contributed by atoms with Crippen LogP contribution in [0.4, 0.5) is 17.6 Å². The summed E-state index contributed by atoms with van der Waals surface area (Å²) in [6.45, 7) is 1.84. The van der Waals surface area contributed by atoms with Gasteiger partial charge in [0.1, 0.15) is 0 Å². The Morgan fingerprint density at radius 2 is 2.12 bits per heavy atom. The number of hydrogen-bond acceptors (Lipinski definition) is 2. The van der Waals surface area contributed by atoms with E-state index in [4.69, 9.17) is 5.73 Å². The zero-order valence-corrected chi connectivity index (χ0v) is 9.51. The van der Waals surface area contributed by atoms with E-state index in [2.05, 4.69) is 0 Å². The second-order valence-electron chi connectivity index (χ2n) is 4.34. The second kappa shape index (κ2) is 5.20. The minimum absolute atomic E-state index is 0.00618. The Bertz CT molecular complexity index is 285. The molecule has 1 amide bonds. The molecule has 2 unspecified atom stereocenters. The SMILES string of the molecule is CC1CCCN(C(=O)C(F)(F)C(F)F)C1CN. The molecule has 1 aliphatic heterocycles. The van der Waals surface area contributed by atoms with Crippen molar-refractivity contribution in [1.29, 1.82) is 0 Å². The number of rotatable bonds is 3. The van der Waals surface area contributed by atoms with Gasteiger partial charge >= 0.3 is 12.3 Å². The monoisotopic (exact) mass is 256 g/mol. The molecule has 0 spiro atoms. The number of nitrogens with zero attached hydrogens (tertiary/aromatic N) is 1. The van der Waals surface area contributed by atoms with Gasteiger partial charge in [-0.1, -0.05) is 6.92 Å². The number of halogens is 4. The molecule has 1 heterocycles. The Labute approximate surface area is 96.9 Å². The quantitative estimate of drug-likeness (QED) is 0.777. The molecule has 2 N–H and O–H groups in total. The first kappa shape index (κ1) is 14.2. The van der Waals surface area contributed by atoms with Crippen molar-refractivity contribution in [2.45, 2.75) is 38.2 Å². The molecule has 0 aromatic carbocycles. The Morgan fingerprint density at radius 3 is 2.59 bits per heavy atom. The van der Waals surface area contributed by atoms with Crippen molar-refractivity contribution in [3.63, 3.8) is 0 Å². The lowest BCUT2D eigenvalue weighted by Crippen LogP contribution is -2.57. The predicted octanol–water partition coefficient (Wildman–Crippen LogP) is 1.47. The van der Waals surface area contributed by atoms with Crippen molar-refractivity contribution in [3.8, 4) is 0 Å². The summed E-state index contributed by atoms with van der Waals surface area (Å²) in [5, 5.41) is 0. The average molecular weight is 256 g/mol. The van der Waals surface area contributed by atoms with E-state index in [1.54, 1.807) is 6.92 Å². The van der Waals surface area contributed by atoms with Crippen molar-refractivity contribution in [1.82, 2.24) is 4.90 Å². The van der Waals surface area contributed by atoms with Crippen molar-refractivity contribution in [3.05, 3.63) is 0 Å². The summed E-state index contributed by atoms with van der Waals surface area (Å²) in [6.07, 6.45) is -2.69. The molecule has 100 valence electrons. The highest BCUT2D eigenvalue weighted by Crippen LogP contribution is 2.30. The number of amides is 1. The van der Waals surface area contributed by atoms with Crippen LogP contribution in [-0.2, 0) is 4.79 Å². The minimum Gasteiger partial charge on any atom is -0.333 e. The van der Waals surface area contributed by atoms with E-state index in [9.17, 15) is 22.4 Å². The van der Waals surface area contributed by atoms with Gasteiger partial charge in [-0.3, -0.25) is 4.79 Å². The van der Waals surface area contributed by atoms with E-state index in [1.165, 1.54) is 0 Å². The Hall–Kier alpha value is -0.850. The number of piperidine rings is 1. The fourth-order valence-corrected chi connectivity index (χ4v) is 2.15. The van der Waals surface area contributed by atoms with Gasteiger partial charge in [0.2, 0.25) is 0 Å². The van der Waals surface area contributed by atoms with Crippen molar-refractivity contribution in [2.24, 2.45) is 11.7 Å². The van der Waals surface area contributed by atoms with Crippen LogP contribution in [-0.4, -0.2) is 42.3 Å². The highest BCUT2D eigenvalue weighted by atomic mass is 19.3. The van der Waals surface area contributed by atoms with Crippen molar-refractivity contribution in [2.75, 3.05) is 13.1 Å². The Kier molecular flexibility index (Phi) is 4.35. The molecule has 0 aliphatic carbocycles. The molecule has 1 rings (SSSR count).